The average Bonchev–Trinajstić information content (AvgIpc) is 3.14. The maximum atomic E-state index is 12.6. The second-order valence-electron chi connectivity index (χ2n) is 7.45. The summed E-state index contributed by atoms with van der Waals surface area (Å²) in [7, 11) is 0. The number of primary amides is 2. The predicted molar refractivity (Wildman–Crippen MR) is 120 cm³/mol. The fraction of sp³-hybridized carbons (Fsp3) is 0.182. The smallest absolute Gasteiger partial charge is 0.315 e. The quantitative estimate of drug-likeness (QED) is 0.607. The van der Waals surface area contributed by atoms with E-state index in [0.29, 0.717) is 34.1 Å². The summed E-state index contributed by atoms with van der Waals surface area (Å²) < 4.78 is 1.65. The molecule has 0 saturated heterocycles. The Morgan fingerprint density at radius 2 is 1.88 bits per heavy atom. The number of aryl methyl sites for hydroxylation is 1. The van der Waals surface area contributed by atoms with Crippen LogP contribution in [0, 0.1) is 18.3 Å². The van der Waals surface area contributed by atoms with E-state index in [9.17, 15) is 14.9 Å². The molecule has 1 aliphatic rings. The lowest BCUT2D eigenvalue weighted by Crippen LogP contribution is -2.46. The molecule has 0 aliphatic carbocycles. The van der Waals surface area contributed by atoms with Crippen molar-refractivity contribution in [1.29, 1.82) is 5.26 Å². The van der Waals surface area contributed by atoms with Crippen molar-refractivity contribution in [3.8, 4) is 17.3 Å². The second-order valence-corrected chi connectivity index (χ2v) is 8.26. The van der Waals surface area contributed by atoms with Gasteiger partial charge < -0.3 is 16.4 Å². The zero-order valence-electron chi connectivity index (χ0n) is 17.0. The van der Waals surface area contributed by atoms with Crippen LogP contribution in [0.3, 0.4) is 0 Å². The van der Waals surface area contributed by atoms with Crippen LogP contribution in [0.15, 0.2) is 36.4 Å². The lowest BCUT2D eigenvalue weighted by Gasteiger charge is -2.35. The van der Waals surface area contributed by atoms with Crippen LogP contribution >= 0.6 is 23.2 Å². The number of carbonyl (C=O) groups excluding carboxylic acids is 2. The molecule has 4 N–H and O–H groups in total. The Bertz CT molecular complexity index is 1310. The standard InChI is InChI=1S/C22H18Cl2N6O2/c1-11-2-3-12(8-15(11)23)18-17(21(26)31)20-19(13-4-5-14(10-25)16(24)9-13)29(22(27)32)6-7-30(20)28-18/h2-5,8-9,19H,6-7H2,1H3,(H2,26,31)(H2,27,32). The van der Waals surface area contributed by atoms with Crippen LogP contribution in [-0.4, -0.2) is 33.2 Å². The molecule has 1 unspecified atom stereocenters. The molecule has 32 heavy (non-hydrogen) atoms. The van der Waals surface area contributed by atoms with E-state index in [1.54, 1.807) is 35.0 Å². The number of benzene rings is 2. The van der Waals surface area contributed by atoms with Crippen LogP contribution in [0.25, 0.3) is 11.3 Å². The largest absolute Gasteiger partial charge is 0.365 e. The van der Waals surface area contributed by atoms with Gasteiger partial charge in [-0.25, -0.2) is 4.79 Å². The Labute approximate surface area is 193 Å². The zero-order chi connectivity index (χ0) is 23.2. The Morgan fingerprint density at radius 1 is 1.12 bits per heavy atom. The van der Waals surface area contributed by atoms with Crippen molar-refractivity contribution in [3.63, 3.8) is 0 Å². The first-order chi connectivity index (χ1) is 15.2. The fourth-order valence-electron chi connectivity index (χ4n) is 3.95. The van der Waals surface area contributed by atoms with Gasteiger partial charge in [0, 0.05) is 17.1 Å². The third-order valence-corrected chi connectivity index (χ3v) is 6.24. The van der Waals surface area contributed by atoms with E-state index < -0.39 is 18.0 Å². The fourth-order valence-corrected chi connectivity index (χ4v) is 4.37. The maximum absolute atomic E-state index is 12.6. The Kier molecular flexibility index (Phi) is 5.55. The van der Waals surface area contributed by atoms with Crippen molar-refractivity contribution in [2.45, 2.75) is 19.5 Å². The van der Waals surface area contributed by atoms with E-state index >= 15 is 0 Å². The molecule has 0 radical (unpaired) electrons. The maximum Gasteiger partial charge on any atom is 0.315 e. The molecule has 1 aliphatic heterocycles. The molecule has 8 nitrogen and oxygen atoms in total. The van der Waals surface area contributed by atoms with Gasteiger partial charge in [-0.3, -0.25) is 9.48 Å². The zero-order valence-corrected chi connectivity index (χ0v) is 18.5. The molecular formula is C22H18Cl2N6O2. The molecule has 162 valence electrons. The number of carbonyl (C=O) groups is 2. The lowest BCUT2D eigenvalue weighted by molar-refractivity contribution is 0.0995. The van der Waals surface area contributed by atoms with Crippen LogP contribution in [0.4, 0.5) is 4.79 Å². The van der Waals surface area contributed by atoms with Crippen LogP contribution in [0.1, 0.15) is 38.8 Å². The predicted octanol–water partition coefficient (Wildman–Crippen LogP) is 3.62. The molecular weight excluding hydrogens is 451 g/mol. The number of hydrogen-bond acceptors (Lipinski definition) is 4. The summed E-state index contributed by atoms with van der Waals surface area (Å²) in [5, 5.41) is 14.6. The minimum absolute atomic E-state index is 0.168. The third kappa shape index (κ3) is 3.55. The van der Waals surface area contributed by atoms with Crippen LogP contribution in [-0.2, 0) is 6.54 Å². The molecule has 1 atom stereocenters. The summed E-state index contributed by atoms with van der Waals surface area (Å²) in [6, 6.07) is 10.7. The molecule has 3 aromatic rings. The topological polar surface area (TPSA) is 131 Å². The van der Waals surface area contributed by atoms with Gasteiger partial charge in [-0.05, 0) is 36.2 Å². The van der Waals surface area contributed by atoms with Gasteiger partial charge >= 0.3 is 6.03 Å². The summed E-state index contributed by atoms with van der Waals surface area (Å²) in [5.74, 6) is -0.700. The SMILES string of the molecule is Cc1ccc(-c2nn3c(c2C(N)=O)C(c2ccc(C#N)c(Cl)c2)N(C(N)=O)CC3)cc1Cl. The Hall–Kier alpha value is -3.54. The summed E-state index contributed by atoms with van der Waals surface area (Å²) in [6.45, 7) is 2.45. The number of urea groups is 1. The van der Waals surface area contributed by atoms with Crippen molar-refractivity contribution < 1.29 is 9.59 Å². The van der Waals surface area contributed by atoms with E-state index in [2.05, 4.69) is 5.10 Å². The monoisotopic (exact) mass is 468 g/mol. The highest BCUT2D eigenvalue weighted by Crippen LogP contribution is 2.39. The summed E-state index contributed by atoms with van der Waals surface area (Å²) in [5.41, 5.74) is 14.8. The van der Waals surface area contributed by atoms with E-state index in [-0.39, 0.29) is 22.7 Å². The number of amides is 3. The van der Waals surface area contributed by atoms with E-state index in [0.717, 1.165) is 5.56 Å². The van der Waals surface area contributed by atoms with Crippen molar-refractivity contribution in [2.24, 2.45) is 11.5 Å². The minimum Gasteiger partial charge on any atom is -0.365 e. The number of rotatable bonds is 3. The van der Waals surface area contributed by atoms with Crippen LogP contribution in [0.2, 0.25) is 10.0 Å². The van der Waals surface area contributed by atoms with Crippen molar-refractivity contribution in [1.82, 2.24) is 14.7 Å². The third-order valence-electron chi connectivity index (χ3n) is 5.52. The second kappa shape index (κ2) is 8.19. The number of fused-ring (bicyclic) bond motifs is 1. The van der Waals surface area contributed by atoms with Gasteiger partial charge in [-0.15, -0.1) is 0 Å². The van der Waals surface area contributed by atoms with Crippen LogP contribution < -0.4 is 11.5 Å². The Balaban J connectivity index is 1.98. The molecule has 10 heteroatoms. The highest BCUT2D eigenvalue weighted by atomic mass is 35.5. The molecule has 0 spiro atoms. The first kappa shape index (κ1) is 21.7. The molecule has 3 amide bonds. The van der Waals surface area contributed by atoms with Crippen LogP contribution in [0.5, 0.6) is 0 Å². The molecule has 2 aromatic carbocycles. The molecule has 1 aromatic heterocycles. The van der Waals surface area contributed by atoms with Gasteiger partial charge in [0.2, 0.25) is 0 Å². The van der Waals surface area contributed by atoms with Crippen molar-refractivity contribution >= 4 is 35.1 Å². The van der Waals surface area contributed by atoms with Gasteiger partial charge in [0.25, 0.3) is 5.91 Å². The van der Waals surface area contributed by atoms with E-state index in [1.165, 1.54) is 4.90 Å². The van der Waals surface area contributed by atoms with Gasteiger partial charge in [-0.2, -0.15) is 10.4 Å². The summed E-state index contributed by atoms with van der Waals surface area (Å²) in [6.07, 6.45) is 0. The molecule has 2 heterocycles. The van der Waals surface area contributed by atoms with Crippen molar-refractivity contribution in [3.05, 3.63) is 74.4 Å². The van der Waals surface area contributed by atoms with E-state index in [1.807, 2.05) is 19.1 Å². The summed E-state index contributed by atoms with van der Waals surface area (Å²) >= 11 is 12.5. The minimum atomic E-state index is -0.767. The normalized spacial score (nSPS) is 15.2. The van der Waals surface area contributed by atoms with Crippen molar-refractivity contribution in [2.75, 3.05) is 6.54 Å². The molecule has 0 fully saturated rings. The number of halogens is 2. The Morgan fingerprint density at radius 3 is 2.47 bits per heavy atom. The number of aromatic nitrogens is 2. The lowest BCUT2D eigenvalue weighted by atomic mass is 9.94. The first-order valence-electron chi connectivity index (χ1n) is 9.65. The highest BCUT2D eigenvalue weighted by molar-refractivity contribution is 6.32. The number of hydrogen-bond donors (Lipinski definition) is 2. The highest BCUT2D eigenvalue weighted by Gasteiger charge is 2.38. The van der Waals surface area contributed by atoms with Gasteiger partial charge in [0.05, 0.1) is 28.4 Å². The van der Waals surface area contributed by atoms with Gasteiger partial charge in [0.15, 0.2) is 0 Å². The number of nitriles is 1. The number of nitrogens with zero attached hydrogens (tertiary/aromatic N) is 4. The average molecular weight is 469 g/mol. The van der Waals surface area contributed by atoms with Gasteiger partial charge in [0.1, 0.15) is 17.8 Å². The van der Waals surface area contributed by atoms with E-state index in [4.69, 9.17) is 34.7 Å². The van der Waals surface area contributed by atoms with Gasteiger partial charge in [-0.1, -0.05) is 41.4 Å². The molecule has 4 rings (SSSR count). The number of nitrogens with two attached hydrogens (primary N) is 2. The molecule has 0 bridgehead atoms. The first-order valence-corrected chi connectivity index (χ1v) is 10.4. The summed E-state index contributed by atoms with van der Waals surface area (Å²) in [4.78, 5) is 26.4. The molecule has 0 saturated carbocycles.